The summed E-state index contributed by atoms with van der Waals surface area (Å²) >= 11 is 0. The molecule has 4 nitrogen and oxygen atoms in total. The normalized spacial score (nSPS) is 13.1. The topological polar surface area (TPSA) is 75.4 Å². The van der Waals surface area contributed by atoms with Crippen molar-refractivity contribution >= 4 is 5.91 Å². The number of nitrogens with one attached hydrogen (secondary N) is 1. The zero-order chi connectivity index (χ0) is 13.6. The van der Waals surface area contributed by atoms with Gasteiger partial charge >= 0.3 is 0 Å². The van der Waals surface area contributed by atoms with Gasteiger partial charge in [-0.1, -0.05) is 30.3 Å². The molecule has 0 radical (unpaired) electrons. The quantitative estimate of drug-likeness (QED) is 0.687. The highest BCUT2D eigenvalue weighted by Crippen LogP contribution is 2.10. The number of alkyl halides is 2. The van der Waals surface area contributed by atoms with Crippen LogP contribution in [0.5, 0.6) is 0 Å². The molecule has 1 amide bonds. The van der Waals surface area contributed by atoms with Gasteiger partial charge in [-0.3, -0.25) is 4.79 Å². The van der Waals surface area contributed by atoms with Crippen molar-refractivity contribution in [1.82, 2.24) is 5.32 Å². The fraction of sp³-hybridized carbons (Fsp3) is 0.417. The Balaban J connectivity index is 2.43. The Bertz CT molecular complexity index is 385. The maximum absolute atomic E-state index is 12.7. The number of amides is 1. The molecular weight excluding hydrogens is 242 g/mol. The molecule has 0 aromatic heterocycles. The van der Waals surface area contributed by atoms with Crippen LogP contribution in [0.1, 0.15) is 5.56 Å². The van der Waals surface area contributed by atoms with Gasteiger partial charge in [-0.05, 0) is 12.0 Å². The summed E-state index contributed by atoms with van der Waals surface area (Å²) in [5, 5.41) is 10.4. The fourth-order valence-corrected chi connectivity index (χ4v) is 1.36. The summed E-state index contributed by atoms with van der Waals surface area (Å²) in [5.74, 6) is -3.98. The number of carbonyl (C=O) groups is 1. The molecule has 0 saturated heterocycles. The maximum Gasteiger partial charge on any atom is 0.287 e. The monoisotopic (exact) mass is 258 g/mol. The van der Waals surface area contributed by atoms with Crippen LogP contribution in [0.25, 0.3) is 0 Å². The van der Waals surface area contributed by atoms with E-state index in [-0.39, 0.29) is 6.42 Å². The molecule has 1 atom stereocenters. The van der Waals surface area contributed by atoms with Crippen LogP contribution < -0.4 is 11.1 Å². The third-order valence-electron chi connectivity index (χ3n) is 2.39. The number of benzene rings is 1. The fourth-order valence-electron chi connectivity index (χ4n) is 1.36. The molecule has 0 unspecified atom stereocenters. The minimum atomic E-state index is -3.32. The average molecular weight is 258 g/mol. The van der Waals surface area contributed by atoms with Gasteiger partial charge in [-0.25, -0.2) is 8.78 Å². The molecule has 0 fully saturated rings. The summed E-state index contributed by atoms with van der Waals surface area (Å²) in [6.07, 6.45) is 0.275. The van der Waals surface area contributed by atoms with Gasteiger partial charge in [0.2, 0.25) is 5.91 Å². The molecule has 6 heteroatoms. The summed E-state index contributed by atoms with van der Waals surface area (Å²) in [6, 6.07) is 8.16. The molecule has 0 heterocycles. The van der Waals surface area contributed by atoms with E-state index in [9.17, 15) is 13.6 Å². The molecule has 1 aromatic carbocycles. The number of hydrogen-bond acceptors (Lipinski definition) is 3. The summed E-state index contributed by atoms with van der Waals surface area (Å²) < 4.78 is 25.4. The lowest BCUT2D eigenvalue weighted by molar-refractivity contribution is -0.125. The highest BCUT2D eigenvalue weighted by molar-refractivity contribution is 5.81. The Morgan fingerprint density at radius 2 is 2.00 bits per heavy atom. The van der Waals surface area contributed by atoms with Crippen LogP contribution in [-0.4, -0.2) is 36.1 Å². The van der Waals surface area contributed by atoms with Crippen LogP contribution in [-0.2, 0) is 11.2 Å². The minimum Gasteiger partial charge on any atom is -0.390 e. The van der Waals surface area contributed by atoms with Crippen molar-refractivity contribution in [1.29, 1.82) is 0 Å². The van der Waals surface area contributed by atoms with Gasteiger partial charge < -0.3 is 16.2 Å². The van der Waals surface area contributed by atoms with Crippen molar-refractivity contribution in [2.24, 2.45) is 5.73 Å². The number of rotatable bonds is 6. The van der Waals surface area contributed by atoms with E-state index in [0.717, 1.165) is 5.56 Å². The summed E-state index contributed by atoms with van der Waals surface area (Å²) in [6.45, 7) is -2.22. The molecule has 0 spiro atoms. The number of nitrogens with two attached hydrogens (primary N) is 1. The number of hydrogen-bond donors (Lipinski definition) is 3. The number of carbonyl (C=O) groups excluding carboxylic acids is 1. The standard InChI is InChI=1S/C12H16F2N2O2/c13-12(14,8-17)7-16-11(18)10(15)6-9-4-2-1-3-5-9/h1-5,10,17H,6-8,15H2,(H,16,18)/t10-/m1/s1. The number of aliphatic hydroxyl groups excluding tert-OH is 1. The Labute approximate surface area is 104 Å². The predicted molar refractivity (Wildman–Crippen MR) is 63.2 cm³/mol. The maximum atomic E-state index is 12.7. The first-order valence-corrected chi connectivity index (χ1v) is 5.50. The highest BCUT2D eigenvalue weighted by atomic mass is 19.3. The van der Waals surface area contributed by atoms with E-state index in [0.29, 0.717) is 0 Å². The van der Waals surface area contributed by atoms with Crippen LogP contribution in [0.4, 0.5) is 8.78 Å². The lowest BCUT2D eigenvalue weighted by atomic mass is 10.1. The van der Waals surface area contributed by atoms with Crippen molar-refractivity contribution < 1.29 is 18.7 Å². The average Bonchev–Trinajstić information content (AvgIpc) is 2.37. The zero-order valence-corrected chi connectivity index (χ0v) is 9.77. The van der Waals surface area contributed by atoms with E-state index in [1.165, 1.54) is 0 Å². The van der Waals surface area contributed by atoms with Crippen LogP contribution in [0.15, 0.2) is 30.3 Å². The van der Waals surface area contributed by atoms with E-state index in [1.54, 1.807) is 24.3 Å². The Morgan fingerprint density at radius 3 is 2.56 bits per heavy atom. The first kappa shape index (κ1) is 14.5. The number of halogens is 2. The Hall–Kier alpha value is -1.53. The van der Waals surface area contributed by atoms with Crippen LogP contribution in [0, 0.1) is 0 Å². The van der Waals surface area contributed by atoms with Gasteiger partial charge in [0.25, 0.3) is 5.92 Å². The molecule has 0 saturated carbocycles. The summed E-state index contributed by atoms with van der Waals surface area (Å²) in [5.41, 5.74) is 6.46. The van der Waals surface area contributed by atoms with Gasteiger partial charge in [0.15, 0.2) is 0 Å². The second-order valence-corrected chi connectivity index (χ2v) is 4.03. The van der Waals surface area contributed by atoms with Gasteiger partial charge in [-0.2, -0.15) is 0 Å². The Morgan fingerprint density at radius 1 is 1.39 bits per heavy atom. The zero-order valence-electron chi connectivity index (χ0n) is 9.77. The predicted octanol–water partition coefficient (Wildman–Crippen LogP) is 0.300. The van der Waals surface area contributed by atoms with Crippen molar-refractivity contribution in [3.05, 3.63) is 35.9 Å². The van der Waals surface area contributed by atoms with Gasteiger partial charge in [0.1, 0.15) is 6.61 Å². The Kier molecular flexibility index (Phi) is 5.18. The van der Waals surface area contributed by atoms with Gasteiger partial charge in [-0.15, -0.1) is 0 Å². The van der Waals surface area contributed by atoms with E-state index in [4.69, 9.17) is 10.8 Å². The van der Waals surface area contributed by atoms with E-state index < -0.39 is 31.0 Å². The molecule has 0 aliphatic carbocycles. The highest BCUT2D eigenvalue weighted by Gasteiger charge is 2.29. The molecule has 100 valence electrons. The summed E-state index contributed by atoms with van der Waals surface area (Å²) in [7, 11) is 0. The van der Waals surface area contributed by atoms with Crippen LogP contribution >= 0.6 is 0 Å². The van der Waals surface area contributed by atoms with Gasteiger partial charge in [0, 0.05) is 0 Å². The van der Waals surface area contributed by atoms with Crippen LogP contribution in [0.3, 0.4) is 0 Å². The molecule has 0 aliphatic rings. The molecule has 4 N–H and O–H groups in total. The SMILES string of the molecule is N[C@H](Cc1ccccc1)C(=O)NCC(F)(F)CO. The lowest BCUT2D eigenvalue weighted by Gasteiger charge is -2.16. The summed E-state index contributed by atoms with van der Waals surface area (Å²) in [4.78, 5) is 11.5. The second kappa shape index (κ2) is 6.42. The van der Waals surface area contributed by atoms with Crippen molar-refractivity contribution in [2.45, 2.75) is 18.4 Å². The van der Waals surface area contributed by atoms with Gasteiger partial charge in [0.05, 0.1) is 12.6 Å². The molecule has 1 rings (SSSR count). The lowest BCUT2D eigenvalue weighted by Crippen LogP contribution is -2.47. The largest absolute Gasteiger partial charge is 0.390 e. The van der Waals surface area contributed by atoms with E-state index in [1.807, 2.05) is 11.4 Å². The first-order valence-electron chi connectivity index (χ1n) is 5.50. The first-order chi connectivity index (χ1) is 8.44. The van der Waals surface area contributed by atoms with Crippen molar-refractivity contribution in [3.8, 4) is 0 Å². The minimum absolute atomic E-state index is 0.275. The molecule has 0 aliphatic heterocycles. The van der Waals surface area contributed by atoms with Crippen LogP contribution in [0.2, 0.25) is 0 Å². The van der Waals surface area contributed by atoms with Crippen molar-refractivity contribution in [2.75, 3.05) is 13.2 Å². The molecular formula is C12H16F2N2O2. The molecule has 18 heavy (non-hydrogen) atoms. The molecule has 0 bridgehead atoms. The third kappa shape index (κ3) is 4.77. The third-order valence-corrected chi connectivity index (χ3v) is 2.39. The van der Waals surface area contributed by atoms with E-state index >= 15 is 0 Å². The number of aliphatic hydroxyl groups is 1. The van der Waals surface area contributed by atoms with Crippen molar-refractivity contribution in [3.63, 3.8) is 0 Å². The second-order valence-electron chi connectivity index (χ2n) is 4.03. The van der Waals surface area contributed by atoms with E-state index in [2.05, 4.69) is 0 Å². The smallest absolute Gasteiger partial charge is 0.287 e. The molecule has 1 aromatic rings.